The predicted octanol–water partition coefficient (Wildman–Crippen LogP) is 2.81. The quantitative estimate of drug-likeness (QED) is 0.322. The second-order valence-corrected chi connectivity index (χ2v) is 10.4. The molecule has 4 rings (SSSR count). The van der Waals surface area contributed by atoms with E-state index in [0.717, 1.165) is 6.07 Å². The Morgan fingerprint density at radius 3 is 2.65 bits per heavy atom. The molecule has 1 saturated heterocycles. The number of carbonyl (C=O) groups excluding carboxylic acids is 2. The van der Waals surface area contributed by atoms with Crippen molar-refractivity contribution in [3.05, 3.63) is 69.3 Å². The molecular weight excluding hydrogens is 487 g/mol. The number of fused-ring (bicyclic) bond motifs is 1. The van der Waals surface area contributed by atoms with Gasteiger partial charge in [-0.15, -0.1) is 0 Å². The normalized spacial score (nSPS) is 17.5. The van der Waals surface area contributed by atoms with Gasteiger partial charge in [0.2, 0.25) is 15.9 Å². The van der Waals surface area contributed by atoms with Crippen molar-refractivity contribution in [3.8, 4) is 11.1 Å². The summed E-state index contributed by atoms with van der Waals surface area (Å²) in [5, 5.41) is 4.93. The van der Waals surface area contributed by atoms with Crippen molar-refractivity contribution in [1.82, 2.24) is 4.90 Å². The number of nitrogens with zero attached hydrogens (tertiary/aromatic N) is 1. The molecule has 1 aliphatic heterocycles. The molecule has 11 heteroatoms. The number of primary sulfonamides is 1. The summed E-state index contributed by atoms with van der Waals surface area (Å²) in [7, 11) is -3.83. The van der Waals surface area contributed by atoms with Crippen molar-refractivity contribution >= 4 is 44.8 Å². The number of aldehydes is 1. The Kier molecular flexibility index (Phi) is 6.57. The van der Waals surface area contributed by atoms with Crippen LogP contribution in [0.4, 0.5) is 4.39 Å². The molecule has 2 heterocycles. The van der Waals surface area contributed by atoms with Crippen molar-refractivity contribution in [2.45, 2.75) is 24.0 Å². The van der Waals surface area contributed by atoms with Crippen molar-refractivity contribution in [1.29, 1.82) is 0 Å². The van der Waals surface area contributed by atoms with Gasteiger partial charge in [0, 0.05) is 35.7 Å². The number of carbonyl (C=O) groups is 2. The minimum atomic E-state index is -3.83. The van der Waals surface area contributed by atoms with Gasteiger partial charge in [0.1, 0.15) is 23.6 Å². The average molecular weight is 507 g/mol. The van der Waals surface area contributed by atoms with E-state index in [2.05, 4.69) is 0 Å². The minimum absolute atomic E-state index is 0.0993. The van der Waals surface area contributed by atoms with Crippen LogP contribution >= 0.6 is 11.6 Å². The van der Waals surface area contributed by atoms with Crippen LogP contribution < -0.4 is 10.8 Å². The Morgan fingerprint density at radius 1 is 1.21 bits per heavy atom. The van der Waals surface area contributed by atoms with Gasteiger partial charge in [0.05, 0.1) is 10.3 Å². The van der Waals surface area contributed by atoms with Gasteiger partial charge in [0.25, 0.3) is 0 Å². The molecular formula is C23H20ClFN2O6S. The standard InChI is InChI=1S/C23H20ClFN2O6S/c24-20-9-14(25)4-6-16(20)18-10-22(29)33-21-8-13(3-5-17(18)21)19(12-28)23(30)27-7-1-2-15(11-27)34(26,31)32/h3-6,8-10,12,15,19H,1-2,7,11H2,(H2,26,31,32). The van der Waals surface area contributed by atoms with Crippen LogP contribution in [0.25, 0.3) is 22.1 Å². The van der Waals surface area contributed by atoms with Gasteiger partial charge < -0.3 is 14.1 Å². The topological polar surface area (TPSA) is 128 Å². The zero-order valence-corrected chi connectivity index (χ0v) is 19.3. The van der Waals surface area contributed by atoms with E-state index in [4.69, 9.17) is 21.2 Å². The van der Waals surface area contributed by atoms with Crippen LogP contribution in [0.5, 0.6) is 0 Å². The fourth-order valence-corrected chi connectivity index (χ4v) is 5.34. The van der Waals surface area contributed by atoms with Gasteiger partial charge in [0.15, 0.2) is 0 Å². The molecule has 2 unspecified atom stereocenters. The minimum Gasteiger partial charge on any atom is -0.423 e. The number of hydrogen-bond donors (Lipinski definition) is 1. The fraction of sp³-hybridized carbons (Fsp3) is 0.261. The summed E-state index contributed by atoms with van der Waals surface area (Å²) >= 11 is 6.17. The lowest BCUT2D eigenvalue weighted by Crippen LogP contribution is -2.48. The molecule has 34 heavy (non-hydrogen) atoms. The number of nitrogens with two attached hydrogens (primary N) is 1. The summed E-state index contributed by atoms with van der Waals surface area (Å²) < 4.78 is 42.2. The third-order valence-corrected chi connectivity index (χ3v) is 7.53. The largest absolute Gasteiger partial charge is 0.423 e. The number of piperidine rings is 1. The van der Waals surface area contributed by atoms with Gasteiger partial charge in [-0.2, -0.15) is 0 Å². The maximum absolute atomic E-state index is 13.5. The van der Waals surface area contributed by atoms with E-state index in [1.807, 2.05) is 0 Å². The maximum atomic E-state index is 13.5. The first-order valence-electron chi connectivity index (χ1n) is 10.4. The third kappa shape index (κ3) is 4.75. The van der Waals surface area contributed by atoms with Crippen molar-refractivity contribution in [2.24, 2.45) is 5.14 Å². The molecule has 2 N–H and O–H groups in total. The Balaban J connectivity index is 1.72. The number of halogens is 2. The average Bonchev–Trinajstić information content (AvgIpc) is 2.78. The second kappa shape index (κ2) is 9.28. The molecule has 0 spiro atoms. The SMILES string of the molecule is NS(=O)(=O)C1CCCN(C(=O)C(C=O)c2ccc3c(-c4ccc(F)cc4Cl)cc(=O)oc3c2)C1. The molecule has 0 aliphatic carbocycles. The van der Waals surface area contributed by atoms with Gasteiger partial charge in [-0.3, -0.25) is 4.79 Å². The molecule has 1 aromatic heterocycles. The molecule has 1 fully saturated rings. The Bertz CT molecular complexity index is 1460. The van der Waals surface area contributed by atoms with E-state index >= 15 is 0 Å². The highest BCUT2D eigenvalue weighted by Crippen LogP contribution is 2.34. The number of benzene rings is 2. The monoisotopic (exact) mass is 506 g/mol. The van der Waals surface area contributed by atoms with Gasteiger partial charge in [-0.25, -0.2) is 22.7 Å². The number of hydrogen-bond acceptors (Lipinski definition) is 6. The first-order valence-corrected chi connectivity index (χ1v) is 12.4. The number of sulfonamides is 1. The van der Waals surface area contributed by atoms with Crippen molar-refractivity contribution in [2.75, 3.05) is 13.1 Å². The lowest BCUT2D eigenvalue weighted by atomic mass is 9.94. The first kappa shape index (κ1) is 24.1. The molecule has 2 aromatic carbocycles. The van der Waals surface area contributed by atoms with Crippen LogP contribution in [0, 0.1) is 5.82 Å². The van der Waals surface area contributed by atoms with Crippen LogP contribution in [-0.4, -0.2) is 43.9 Å². The number of likely N-dealkylation sites (tertiary alicyclic amines) is 1. The van der Waals surface area contributed by atoms with Gasteiger partial charge in [-0.1, -0.05) is 23.7 Å². The third-order valence-electron chi connectivity index (χ3n) is 5.91. The molecule has 1 aliphatic rings. The van der Waals surface area contributed by atoms with E-state index < -0.39 is 38.5 Å². The molecule has 178 valence electrons. The van der Waals surface area contributed by atoms with Crippen LogP contribution in [0.15, 0.2) is 51.7 Å². The fourth-order valence-electron chi connectivity index (χ4n) is 4.19. The van der Waals surface area contributed by atoms with Crippen LogP contribution in [0.1, 0.15) is 24.3 Å². The molecule has 3 aromatic rings. The Labute approximate surface area is 199 Å². The first-order chi connectivity index (χ1) is 16.1. The van der Waals surface area contributed by atoms with E-state index in [9.17, 15) is 27.2 Å². The smallest absolute Gasteiger partial charge is 0.336 e. The zero-order valence-electron chi connectivity index (χ0n) is 17.7. The molecule has 0 radical (unpaired) electrons. The van der Waals surface area contributed by atoms with E-state index in [0.29, 0.717) is 42.2 Å². The second-order valence-electron chi connectivity index (χ2n) is 8.11. The van der Waals surface area contributed by atoms with Crippen LogP contribution in [0.3, 0.4) is 0 Å². The van der Waals surface area contributed by atoms with Gasteiger partial charge in [-0.05, 0) is 42.7 Å². The lowest BCUT2D eigenvalue weighted by molar-refractivity contribution is -0.135. The summed E-state index contributed by atoms with van der Waals surface area (Å²) in [6.07, 6.45) is 1.24. The Hall–Kier alpha value is -3.08. The number of rotatable bonds is 5. The highest BCUT2D eigenvalue weighted by Gasteiger charge is 2.34. The molecule has 0 bridgehead atoms. The molecule has 1 amide bonds. The Morgan fingerprint density at radius 2 is 1.97 bits per heavy atom. The molecule has 8 nitrogen and oxygen atoms in total. The number of amides is 1. The van der Waals surface area contributed by atoms with Crippen LogP contribution in [-0.2, 0) is 19.6 Å². The molecule has 0 saturated carbocycles. The summed E-state index contributed by atoms with van der Waals surface area (Å²) in [5.41, 5.74) is 0.515. The highest BCUT2D eigenvalue weighted by molar-refractivity contribution is 7.89. The summed E-state index contributed by atoms with van der Waals surface area (Å²) in [6.45, 7) is 0.197. The summed E-state index contributed by atoms with van der Waals surface area (Å²) in [4.78, 5) is 38.5. The van der Waals surface area contributed by atoms with E-state index in [1.165, 1.54) is 29.2 Å². The maximum Gasteiger partial charge on any atom is 0.336 e. The zero-order chi connectivity index (χ0) is 24.6. The van der Waals surface area contributed by atoms with Crippen molar-refractivity contribution in [3.63, 3.8) is 0 Å². The lowest BCUT2D eigenvalue weighted by Gasteiger charge is -2.33. The van der Waals surface area contributed by atoms with E-state index in [1.54, 1.807) is 12.1 Å². The predicted molar refractivity (Wildman–Crippen MR) is 124 cm³/mol. The van der Waals surface area contributed by atoms with Gasteiger partial charge >= 0.3 is 5.63 Å². The summed E-state index contributed by atoms with van der Waals surface area (Å²) in [5.74, 6) is -2.33. The van der Waals surface area contributed by atoms with Crippen molar-refractivity contribution < 1.29 is 26.8 Å². The highest BCUT2D eigenvalue weighted by atomic mass is 35.5. The van der Waals surface area contributed by atoms with Crippen LogP contribution in [0.2, 0.25) is 5.02 Å². The summed E-state index contributed by atoms with van der Waals surface area (Å²) in [6, 6.07) is 9.54. The molecule has 2 atom stereocenters. The van der Waals surface area contributed by atoms with E-state index in [-0.39, 0.29) is 22.7 Å².